The Morgan fingerprint density at radius 3 is 2.68 bits per heavy atom. The Morgan fingerprint density at radius 2 is 2.11 bits per heavy atom. The lowest BCUT2D eigenvalue weighted by atomic mass is 9.89. The van der Waals surface area contributed by atoms with Gasteiger partial charge in [-0.05, 0) is 51.3 Å². The number of likely N-dealkylation sites (tertiary alicyclic amines) is 1. The summed E-state index contributed by atoms with van der Waals surface area (Å²) in [6.45, 7) is 7.37. The molecule has 1 fully saturated rings. The van der Waals surface area contributed by atoms with Gasteiger partial charge in [-0.3, -0.25) is 9.69 Å². The van der Waals surface area contributed by atoms with Crippen molar-refractivity contribution in [1.29, 1.82) is 0 Å². The topological polar surface area (TPSA) is 40.5 Å². The van der Waals surface area contributed by atoms with Gasteiger partial charge in [0.2, 0.25) is 0 Å². The zero-order chi connectivity index (χ0) is 14.0. The molecule has 3 nitrogen and oxygen atoms in total. The molecule has 3 unspecified atom stereocenters. The van der Waals surface area contributed by atoms with E-state index in [-0.39, 0.29) is 5.92 Å². The van der Waals surface area contributed by atoms with E-state index in [9.17, 15) is 4.79 Å². The van der Waals surface area contributed by atoms with Gasteiger partial charge < -0.3 is 5.11 Å². The number of rotatable bonds is 3. The lowest BCUT2D eigenvalue weighted by Crippen LogP contribution is -2.44. The van der Waals surface area contributed by atoms with Crippen LogP contribution in [0.2, 0.25) is 0 Å². The van der Waals surface area contributed by atoms with E-state index in [1.165, 1.54) is 11.1 Å². The fourth-order valence-electron chi connectivity index (χ4n) is 3.22. The van der Waals surface area contributed by atoms with E-state index >= 15 is 0 Å². The third-order valence-electron chi connectivity index (χ3n) is 4.41. The molecule has 0 aliphatic carbocycles. The van der Waals surface area contributed by atoms with Crippen LogP contribution in [0.15, 0.2) is 24.3 Å². The first-order valence-electron chi connectivity index (χ1n) is 7.04. The zero-order valence-corrected chi connectivity index (χ0v) is 12.0. The summed E-state index contributed by atoms with van der Waals surface area (Å²) < 4.78 is 0. The van der Waals surface area contributed by atoms with Crippen molar-refractivity contribution in [1.82, 2.24) is 4.90 Å². The van der Waals surface area contributed by atoms with Crippen LogP contribution in [0, 0.1) is 12.8 Å². The average Bonchev–Trinajstić information content (AvgIpc) is 2.38. The van der Waals surface area contributed by atoms with Crippen LogP contribution in [0.4, 0.5) is 0 Å². The molecular formula is C16H23NO2. The van der Waals surface area contributed by atoms with Crippen molar-refractivity contribution in [2.45, 2.75) is 45.7 Å². The summed E-state index contributed by atoms with van der Waals surface area (Å²) in [7, 11) is 0. The van der Waals surface area contributed by atoms with Gasteiger partial charge in [-0.2, -0.15) is 0 Å². The van der Waals surface area contributed by atoms with Gasteiger partial charge in [0.25, 0.3) is 0 Å². The Balaban J connectivity index is 2.11. The largest absolute Gasteiger partial charge is 0.481 e. The second-order valence-electron chi connectivity index (χ2n) is 5.68. The van der Waals surface area contributed by atoms with Crippen molar-refractivity contribution in [2.75, 3.05) is 6.54 Å². The molecule has 0 aromatic heterocycles. The minimum absolute atomic E-state index is 0.171. The number of nitrogens with zero attached hydrogens (tertiary/aromatic N) is 1. The van der Waals surface area contributed by atoms with Crippen molar-refractivity contribution < 1.29 is 9.90 Å². The molecule has 3 heteroatoms. The SMILES string of the molecule is Cc1ccccc1C(C)N1CCC(C(=O)O)CC1C. The van der Waals surface area contributed by atoms with Gasteiger partial charge in [0.05, 0.1) is 5.92 Å². The molecule has 0 radical (unpaired) electrons. The minimum atomic E-state index is -0.643. The molecule has 1 heterocycles. The predicted molar refractivity (Wildman–Crippen MR) is 76.1 cm³/mol. The molecule has 0 amide bonds. The van der Waals surface area contributed by atoms with E-state index in [0.29, 0.717) is 12.1 Å². The molecule has 1 aromatic carbocycles. The van der Waals surface area contributed by atoms with Crippen molar-refractivity contribution in [3.63, 3.8) is 0 Å². The number of carboxylic acids is 1. The van der Waals surface area contributed by atoms with Crippen LogP contribution in [-0.2, 0) is 4.79 Å². The molecule has 0 spiro atoms. The second kappa shape index (κ2) is 5.74. The summed E-state index contributed by atoms with van der Waals surface area (Å²) >= 11 is 0. The van der Waals surface area contributed by atoms with E-state index in [2.05, 4.69) is 49.9 Å². The molecule has 1 aromatic rings. The second-order valence-corrected chi connectivity index (χ2v) is 5.68. The third-order valence-corrected chi connectivity index (χ3v) is 4.41. The first-order chi connectivity index (χ1) is 9.00. The lowest BCUT2D eigenvalue weighted by Gasteiger charge is -2.40. The van der Waals surface area contributed by atoms with Crippen molar-refractivity contribution in [3.05, 3.63) is 35.4 Å². The highest BCUT2D eigenvalue weighted by Gasteiger charge is 2.32. The van der Waals surface area contributed by atoms with Gasteiger partial charge >= 0.3 is 5.97 Å². The fraction of sp³-hybridized carbons (Fsp3) is 0.562. The van der Waals surface area contributed by atoms with Gasteiger partial charge in [0.15, 0.2) is 0 Å². The first-order valence-corrected chi connectivity index (χ1v) is 7.04. The highest BCUT2D eigenvalue weighted by molar-refractivity contribution is 5.70. The summed E-state index contributed by atoms with van der Waals surface area (Å²) in [6, 6.07) is 9.13. The molecular weight excluding hydrogens is 238 g/mol. The summed E-state index contributed by atoms with van der Waals surface area (Å²) in [5, 5.41) is 9.12. The molecule has 3 atom stereocenters. The summed E-state index contributed by atoms with van der Waals surface area (Å²) in [5.74, 6) is -0.814. The monoisotopic (exact) mass is 261 g/mol. The van der Waals surface area contributed by atoms with E-state index < -0.39 is 5.97 Å². The highest BCUT2D eigenvalue weighted by Crippen LogP contribution is 2.32. The maximum atomic E-state index is 11.1. The van der Waals surface area contributed by atoms with Crippen molar-refractivity contribution in [2.24, 2.45) is 5.92 Å². The van der Waals surface area contributed by atoms with E-state index in [4.69, 9.17) is 5.11 Å². The highest BCUT2D eigenvalue weighted by atomic mass is 16.4. The Kier molecular flexibility index (Phi) is 4.25. The van der Waals surface area contributed by atoms with Crippen LogP contribution in [0.25, 0.3) is 0 Å². The number of aliphatic carboxylic acids is 1. The number of carbonyl (C=O) groups is 1. The predicted octanol–water partition coefficient (Wildman–Crippen LogP) is 3.24. The molecule has 19 heavy (non-hydrogen) atoms. The maximum Gasteiger partial charge on any atom is 0.306 e. The lowest BCUT2D eigenvalue weighted by molar-refractivity contribution is -0.144. The Bertz CT molecular complexity index is 458. The van der Waals surface area contributed by atoms with Gasteiger partial charge in [-0.25, -0.2) is 0 Å². The molecule has 1 N–H and O–H groups in total. The standard InChI is InChI=1S/C16H23NO2/c1-11-6-4-5-7-15(11)13(3)17-9-8-14(16(18)19)10-12(17)2/h4-7,12-14H,8-10H2,1-3H3,(H,18,19). The Labute approximate surface area is 115 Å². The van der Waals surface area contributed by atoms with E-state index in [1.54, 1.807) is 0 Å². The molecule has 104 valence electrons. The first kappa shape index (κ1) is 14.1. The minimum Gasteiger partial charge on any atom is -0.481 e. The van der Waals surface area contributed by atoms with Crippen LogP contribution < -0.4 is 0 Å². The summed E-state index contributed by atoms with van der Waals surface area (Å²) in [6.07, 6.45) is 1.52. The smallest absolute Gasteiger partial charge is 0.306 e. The van der Waals surface area contributed by atoms with Crippen LogP contribution in [0.5, 0.6) is 0 Å². The molecule has 0 saturated carbocycles. The van der Waals surface area contributed by atoms with Gasteiger partial charge in [-0.1, -0.05) is 24.3 Å². The number of hydrogen-bond donors (Lipinski definition) is 1. The zero-order valence-electron chi connectivity index (χ0n) is 12.0. The Hall–Kier alpha value is -1.35. The van der Waals surface area contributed by atoms with Crippen LogP contribution in [-0.4, -0.2) is 28.6 Å². The number of piperidine rings is 1. The number of carboxylic acid groups (broad SMARTS) is 1. The van der Waals surface area contributed by atoms with E-state index in [0.717, 1.165) is 19.4 Å². The molecule has 1 saturated heterocycles. The van der Waals surface area contributed by atoms with Crippen LogP contribution >= 0.6 is 0 Å². The van der Waals surface area contributed by atoms with Gasteiger partial charge in [0, 0.05) is 12.1 Å². The number of aryl methyl sites for hydroxylation is 1. The third kappa shape index (κ3) is 2.98. The van der Waals surface area contributed by atoms with Gasteiger partial charge in [0.1, 0.15) is 0 Å². The number of hydrogen-bond acceptors (Lipinski definition) is 2. The van der Waals surface area contributed by atoms with Gasteiger partial charge in [-0.15, -0.1) is 0 Å². The van der Waals surface area contributed by atoms with Crippen molar-refractivity contribution >= 4 is 5.97 Å². The maximum absolute atomic E-state index is 11.1. The normalized spacial score (nSPS) is 26.1. The van der Waals surface area contributed by atoms with Crippen molar-refractivity contribution in [3.8, 4) is 0 Å². The number of benzene rings is 1. The quantitative estimate of drug-likeness (QED) is 0.908. The average molecular weight is 261 g/mol. The summed E-state index contributed by atoms with van der Waals surface area (Å²) in [4.78, 5) is 13.5. The molecule has 1 aliphatic heterocycles. The molecule has 0 bridgehead atoms. The summed E-state index contributed by atoms with van der Waals surface area (Å²) in [5.41, 5.74) is 2.66. The fourth-order valence-corrected chi connectivity index (χ4v) is 3.22. The Morgan fingerprint density at radius 1 is 1.42 bits per heavy atom. The van der Waals surface area contributed by atoms with Crippen LogP contribution in [0.1, 0.15) is 43.9 Å². The van der Waals surface area contributed by atoms with E-state index in [1.807, 2.05) is 0 Å². The van der Waals surface area contributed by atoms with Crippen LogP contribution in [0.3, 0.4) is 0 Å². The molecule has 1 aliphatic rings. The molecule has 2 rings (SSSR count).